The van der Waals surface area contributed by atoms with Crippen LogP contribution in [0.15, 0.2) is 0 Å². The summed E-state index contributed by atoms with van der Waals surface area (Å²) in [6.45, 7) is 7.90. The maximum absolute atomic E-state index is 11.4. The molecule has 2 unspecified atom stereocenters. The van der Waals surface area contributed by atoms with Crippen LogP contribution < -0.4 is 5.73 Å². The summed E-state index contributed by atoms with van der Waals surface area (Å²) < 4.78 is 16.7. The second-order valence-corrected chi connectivity index (χ2v) is 5.57. The van der Waals surface area contributed by atoms with Crippen LogP contribution in [0.1, 0.15) is 20.8 Å². The molecule has 0 aromatic heterocycles. The highest BCUT2D eigenvalue weighted by molar-refractivity contribution is 7.85. The molecule has 0 bridgehead atoms. The van der Waals surface area contributed by atoms with Crippen molar-refractivity contribution in [1.29, 1.82) is 0 Å². The normalized spacial score (nSPS) is 16.1. The second-order valence-electron chi connectivity index (χ2n) is 3.60. The Labute approximate surface area is 83.5 Å². The number of nitrogens with two attached hydrogens (primary N) is 1. The molecule has 0 saturated heterocycles. The fourth-order valence-electron chi connectivity index (χ4n) is 0.769. The lowest BCUT2D eigenvalue weighted by atomic mass is 10.2. The van der Waals surface area contributed by atoms with Crippen LogP contribution in [0.2, 0.25) is 0 Å². The molecule has 0 radical (unpaired) electrons. The Morgan fingerprint density at radius 2 is 2.00 bits per heavy atom. The molecule has 0 aromatic rings. The van der Waals surface area contributed by atoms with Gasteiger partial charge in [0.1, 0.15) is 0 Å². The Balaban J connectivity index is 3.37. The molecule has 2 N–H and O–H groups in total. The third-order valence-electron chi connectivity index (χ3n) is 1.66. The summed E-state index contributed by atoms with van der Waals surface area (Å²) in [7, 11) is -0.830. The lowest BCUT2D eigenvalue weighted by Gasteiger charge is -2.09. The van der Waals surface area contributed by atoms with Crippen LogP contribution in [0.25, 0.3) is 0 Å². The molecule has 0 aliphatic carbocycles. The van der Waals surface area contributed by atoms with Crippen molar-refractivity contribution in [3.63, 3.8) is 0 Å². The summed E-state index contributed by atoms with van der Waals surface area (Å²) in [6.07, 6.45) is 0. The molecule has 4 heteroatoms. The van der Waals surface area contributed by atoms with E-state index in [1.54, 1.807) is 0 Å². The van der Waals surface area contributed by atoms with Crippen molar-refractivity contribution in [3.8, 4) is 0 Å². The van der Waals surface area contributed by atoms with Gasteiger partial charge in [0, 0.05) is 35.0 Å². The second kappa shape index (κ2) is 7.47. The molecule has 13 heavy (non-hydrogen) atoms. The van der Waals surface area contributed by atoms with E-state index in [1.165, 1.54) is 0 Å². The van der Waals surface area contributed by atoms with Crippen molar-refractivity contribution >= 4 is 10.8 Å². The van der Waals surface area contributed by atoms with Gasteiger partial charge in [-0.1, -0.05) is 13.8 Å². The van der Waals surface area contributed by atoms with E-state index in [4.69, 9.17) is 10.5 Å². The van der Waals surface area contributed by atoms with Gasteiger partial charge in [0.05, 0.1) is 6.61 Å². The van der Waals surface area contributed by atoms with Crippen molar-refractivity contribution in [2.24, 2.45) is 11.7 Å². The SMILES string of the molecule is CC(C)COCCS(=O)C(C)CN. The van der Waals surface area contributed by atoms with Gasteiger partial charge in [0.25, 0.3) is 0 Å². The Morgan fingerprint density at radius 3 is 2.46 bits per heavy atom. The molecular formula is C9H21NO2S. The summed E-state index contributed by atoms with van der Waals surface area (Å²) in [5.41, 5.74) is 5.39. The van der Waals surface area contributed by atoms with Crippen LogP contribution in [0.4, 0.5) is 0 Å². The Hall–Kier alpha value is 0.0700. The molecule has 0 aromatic carbocycles. The van der Waals surface area contributed by atoms with E-state index < -0.39 is 10.8 Å². The van der Waals surface area contributed by atoms with Crippen molar-refractivity contribution < 1.29 is 8.95 Å². The van der Waals surface area contributed by atoms with E-state index >= 15 is 0 Å². The molecule has 0 spiro atoms. The summed E-state index contributed by atoms with van der Waals surface area (Å²) in [5, 5.41) is 0.0858. The maximum atomic E-state index is 11.4. The third kappa shape index (κ3) is 7.16. The fraction of sp³-hybridized carbons (Fsp3) is 1.00. The predicted molar refractivity (Wildman–Crippen MR) is 57.2 cm³/mol. The van der Waals surface area contributed by atoms with Crippen LogP contribution in [-0.4, -0.2) is 35.0 Å². The average molecular weight is 207 g/mol. The minimum Gasteiger partial charge on any atom is -0.380 e. The molecule has 80 valence electrons. The molecule has 0 amide bonds. The standard InChI is InChI=1S/C9H21NO2S/c1-8(2)7-12-4-5-13(11)9(3)6-10/h8-9H,4-7,10H2,1-3H3. The van der Waals surface area contributed by atoms with E-state index in [2.05, 4.69) is 13.8 Å². The van der Waals surface area contributed by atoms with Gasteiger partial charge in [-0.3, -0.25) is 4.21 Å². The molecule has 0 aliphatic heterocycles. The summed E-state index contributed by atoms with van der Waals surface area (Å²) in [4.78, 5) is 0. The first-order valence-electron chi connectivity index (χ1n) is 4.73. The Morgan fingerprint density at radius 1 is 1.38 bits per heavy atom. The molecule has 0 saturated carbocycles. The van der Waals surface area contributed by atoms with E-state index in [0.717, 1.165) is 6.61 Å². The van der Waals surface area contributed by atoms with E-state index in [-0.39, 0.29) is 5.25 Å². The van der Waals surface area contributed by atoms with E-state index in [9.17, 15) is 4.21 Å². The number of ether oxygens (including phenoxy) is 1. The maximum Gasteiger partial charge on any atom is 0.0581 e. The first-order valence-corrected chi connectivity index (χ1v) is 6.11. The monoisotopic (exact) mass is 207 g/mol. The highest BCUT2D eigenvalue weighted by atomic mass is 32.2. The lowest BCUT2D eigenvalue weighted by Crippen LogP contribution is -2.25. The summed E-state index contributed by atoms with van der Waals surface area (Å²) in [5.74, 6) is 1.14. The summed E-state index contributed by atoms with van der Waals surface area (Å²) in [6, 6.07) is 0. The molecule has 0 rings (SSSR count). The smallest absolute Gasteiger partial charge is 0.0581 e. The zero-order valence-electron chi connectivity index (χ0n) is 8.79. The Bertz CT molecular complexity index is 151. The predicted octanol–water partition coefficient (Wildman–Crippen LogP) is 0.755. The third-order valence-corrected chi connectivity index (χ3v) is 3.32. The molecular weight excluding hydrogens is 186 g/mol. The van der Waals surface area contributed by atoms with Crippen LogP contribution in [-0.2, 0) is 15.5 Å². The highest BCUT2D eigenvalue weighted by Crippen LogP contribution is 1.96. The first kappa shape index (κ1) is 13.1. The van der Waals surface area contributed by atoms with Gasteiger partial charge in [-0.25, -0.2) is 0 Å². The van der Waals surface area contributed by atoms with E-state index in [1.807, 2.05) is 6.92 Å². The zero-order valence-corrected chi connectivity index (χ0v) is 9.60. The first-order chi connectivity index (χ1) is 6.07. The minimum absolute atomic E-state index is 0.0858. The molecule has 2 atom stereocenters. The topological polar surface area (TPSA) is 52.3 Å². The van der Waals surface area contributed by atoms with Crippen LogP contribution >= 0.6 is 0 Å². The van der Waals surface area contributed by atoms with Crippen molar-refractivity contribution in [2.75, 3.05) is 25.5 Å². The quantitative estimate of drug-likeness (QED) is 0.627. The molecule has 0 fully saturated rings. The fourth-order valence-corrected chi connectivity index (χ4v) is 1.67. The van der Waals surface area contributed by atoms with E-state index in [0.29, 0.717) is 24.8 Å². The van der Waals surface area contributed by atoms with Gasteiger partial charge in [-0.05, 0) is 12.8 Å². The van der Waals surface area contributed by atoms with Gasteiger partial charge in [0.15, 0.2) is 0 Å². The largest absolute Gasteiger partial charge is 0.380 e. The number of rotatable bonds is 7. The minimum atomic E-state index is -0.830. The van der Waals surface area contributed by atoms with Gasteiger partial charge in [-0.2, -0.15) is 0 Å². The van der Waals surface area contributed by atoms with Gasteiger partial charge >= 0.3 is 0 Å². The number of hydrogen-bond acceptors (Lipinski definition) is 3. The zero-order chi connectivity index (χ0) is 10.3. The van der Waals surface area contributed by atoms with Crippen molar-refractivity contribution in [2.45, 2.75) is 26.0 Å². The molecule has 3 nitrogen and oxygen atoms in total. The van der Waals surface area contributed by atoms with Crippen LogP contribution in [0.5, 0.6) is 0 Å². The van der Waals surface area contributed by atoms with Gasteiger partial charge in [-0.15, -0.1) is 0 Å². The van der Waals surface area contributed by atoms with Crippen LogP contribution in [0.3, 0.4) is 0 Å². The molecule has 0 heterocycles. The molecule has 0 aliphatic rings. The lowest BCUT2D eigenvalue weighted by molar-refractivity contribution is 0.123. The van der Waals surface area contributed by atoms with Gasteiger partial charge < -0.3 is 10.5 Å². The van der Waals surface area contributed by atoms with Crippen molar-refractivity contribution in [3.05, 3.63) is 0 Å². The van der Waals surface area contributed by atoms with Gasteiger partial charge in [0.2, 0.25) is 0 Å². The highest BCUT2D eigenvalue weighted by Gasteiger charge is 2.08. The van der Waals surface area contributed by atoms with Crippen LogP contribution in [0, 0.1) is 5.92 Å². The Kier molecular flexibility index (Phi) is 7.51. The summed E-state index contributed by atoms with van der Waals surface area (Å²) >= 11 is 0. The number of hydrogen-bond donors (Lipinski definition) is 1. The van der Waals surface area contributed by atoms with Crippen molar-refractivity contribution in [1.82, 2.24) is 0 Å². The average Bonchev–Trinajstić information content (AvgIpc) is 2.10.